The molecule has 1 aliphatic rings. The zero-order chi connectivity index (χ0) is 15.6. The molecule has 0 radical (unpaired) electrons. The van der Waals surface area contributed by atoms with Crippen molar-refractivity contribution in [3.05, 3.63) is 11.1 Å². The van der Waals surface area contributed by atoms with Crippen molar-refractivity contribution < 1.29 is 23.1 Å². The van der Waals surface area contributed by atoms with Gasteiger partial charge in [0.05, 0.1) is 18.4 Å². The van der Waals surface area contributed by atoms with Gasteiger partial charge in [-0.3, -0.25) is 9.59 Å². The third-order valence-electron chi connectivity index (χ3n) is 3.05. The van der Waals surface area contributed by atoms with Gasteiger partial charge in [-0.15, -0.1) is 11.3 Å². The first-order valence-electron chi connectivity index (χ1n) is 6.21. The van der Waals surface area contributed by atoms with Crippen molar-refractivity contribution in [3.63, 3.8) is 0 Å². The monoisotopic (exact) mass is 333 g/mol. The van der Waals surface area contributed by atoms with Crippen LogP contribution in [-0.2, 0) is 26.0 Å². The van der Waals surface area contributed by atoms with Gasteiger partial charge in [0.25, 0.3) is 0 Å². The number of anilines is 1. The number of hydrogen-bond donors (Lipinski definition) is 2. The van der Waals surface area contributed by atoms with E-state index in [1.165, 1.54) is 4.31 Å². The van der Waals surface area contributed by atoms with Crippen LogP contribution < -0.4 is 5.32 Å². The Kier molecular flexibility index (Phi) is 4.59. The van der Waals surface area contributed by atoms with Crippen molar-refractivity contribution in [1.82, 2.24) is 9.29 Å². The molecule has 1 amide bonds. The van der Waals surface area contributed by atoms with Crippen molar-refractivity contribution in [1.29, 1.82) is 0 Å². The number of carbonyl (C=O) groups excluding carboxylic acids is 1. The molecule has 0 aliphatic carbocycles. The summed E-state index contributed by atoms with van der Waals surface area (Å²) in [5.74, 6) is -1.44. The number of thiazole rings is 1. The Morgan fingerprint density at radius 3 is 2.90 bits per heavy atom. The molecule has 10 heteroatoms. The summed E-state index contributed by atoms with van der Waals surface area (Å²) in [6, 6.07) is -0.730. The molecule has 1 saturated heterocycles. The lowest BCUT2D eigenvalue weighted by Gasteiger charge is -2.20. The summed E-state index contributed by atoms with van der Waals surface area (Å²) in [5.41, 5.74) is 0.356. The van der Waals surface area contributed by atoms with Gasteiger partial charge in [0.1, 0.15) is 6.04 Å². The van der Waals surface area contributed by atoms with Crippen molar-refractivity contribution >= 4 is 38.4 Å². The van der Waals surface area contributed by atoms with Crippen LogP contribution in [0.3, 0.4) is 0 Å². The number of carboxylic acids is 1. The molecule has 1 aromatic rings. The third kappa shape index (κ3) is 3.99. The summed E-state index contributed by atoms with van der Waals surface area (Å²) >= 11 is 1.11. The van der Waals surface area contributed by atoms with Gasteiger partial charge < -0.3 is 10.4 Å². The maximum Gasteiger partial charge on any atom is 0.309 e. The molecular formula is C11H15N3O5S2. The van der Waals surface area contributed by atoms with Gasteiger partial charge in [-0.2, -0.15) is 4.31 Å². The Hall–Kier alpha value is -1.52. The summed E-state index contributed by atoms with van der Waals surface area (Å²) < 4.78 is 24.4. The average Bonchev–Trinajstić information content (AvgIpc) is 2.96. The molecule has 1 unspecified atom stereocenters. The van der Waals surface area contributed by atoms with E-state index in [9.17, 15) is 18.0 Å². The van der Waals surface area contributed by atoms with E-state index in [1.54, 1.807) is 5.38 Å². The normalized spacial score (nSPS) is 19.6. The quantitative estimate of drug-likeness (QED) is 0.791. The van der Waals surface area contributed by atoms with Crippen molar-refractivity contribution in [2.24, 2.45) is 0 Å². The standard InChI is InChI=1S/C11H15N3O5S2/c1-21(18,19)14-4-2-3-8(14)10(17)13-11-12-7(6-20-11)5-9(15)16/h6,8H,2-5H2,1H3,(H,15,16)(H,12,13,17). The molecular weight excluding hydrogens is 318 g/mol. The highest BCUT2D eigenvalue weighted by molar-refractivity contribution is 7.88. The molecule has 1 fully saturated rings. The maximum atomic E-state index is 12.1. The molecule has 2 rings (SSSR count). The average molecular weight is 333 g/mol. The Balaban J connectivity index is 2.04. The van der Waals surface area contributed by atoms with E-state index < -0.39 is 27.9 Å². The smallest absolute Gasteiger partial charge is 0.309 e. The summed E-state index contributed by atoms with van der Waals surface area (Å²) in [4.78, 5) is 26.7. The minimum Gasteiger partial charge on any atom is -0.481 e. The molecule has 0 aromatic carbocycles. The number of carboxylic acid groups (broad SMARTS) is 1. The van der Waals surface area contributed by atoms with Crippen LogP contribution in [0.15, 0.2) is 5.38 Å². The van der Waals surface area contributed by atoms with E-state index in [1.807, 2.05) is 0 Å². The first kappa shape index (κ1) is 15.9. The molecule has 21 heavy (non-hydrogen) atoms. The molecule has 0 bridgehead atoms. The van der Waals surface area contributed by atoms with Crippen LogP contribution in [0.1, 0.15) is 18.5 Å². The van der Waals surface area contributed by atoms with Crippen molar-refractivity contribution in [2.45, 2.75) is 25.3 Å². The Bertz CT molecular complexity index is 655. The van der Waals surface area contributed by atoms with Gasteiger partial charge in [-0.25, -0.2) is 13.4 Å². The zero-order valence-electron chi connectivity index (χ0n) is 11.3. The second-order valence-electron chi connectivity index (χ2n) is 4.74. The minimum absolute atomic E-state index is 0.217. The molecule has 116 valence electrons. The summed E-state index contributed by atoms with van der Waals surface area (Å²) in [7, 11) is -3.42. The highest BCUT2D eigenvalue weighted by Gasteiger charge is 2.36. The van der Waals surface area contributed by atoms with Crippen molar-refractivity contribution in [2.75, 3.05) is 18.1 Å². The van der Waals surface area contributed by atoms with E-state index in [0.29, 0.717) is 25.1 Å². The number of nitrogens with zero attached hydrogens (tertiary/aromatic N) is 2. The topological polar surface area (TPSA) is 117 Å². The van der Waals surface area contributed by atoms with E-state index in [-0.39, 0.29) is 11.6 Å². The lowest BCUT2D eigenvalue weighted by molar-refractivity contribution is -0.136. The highest BCUT2D eigenvalue weighted by Crippen LogP contribution is 2.23. The third-order valence-corrected chi connectivity index (χ3v) is 5.14. The van der Waals surface area contributed by atoms with Gasteiger partial charge in [0.15, 0.2) is 5.13 Å². The first-order valence-corrected chi connectivity index (χ1v) is 8.94. The molecule has 2 heterocycles. The van der Waals surface area contributed by atoms with E-state index >= 15 is 0 Å². The van der Waals surface area contributed by atoms with Crippen LogP contribution in [0.4, 0.5) is 5.13 Å². The second kappa shape index (κ2) is 6.08. The van der Waals surface area contributed by atoms with Crippen LogP contribution in [0.2, 0.25) is 0 Å². The van der Waals surface area contributed by atoms with Crippen LogP contribution in [0, 0.1) is 0 Å². The molecule has 1 aliphatic heterocycles. The van der Waals surface area contributed by atoms with Gasteiger partial charge >= 0.3 is 5.97 Å². The fraction of sp³-hybridized carbons (Fsp3) is 0.545. The number of hydrogen-bond acceptors (Lipinski definition) is 6. The van der Waals surface area contributed by atoms with E-state index in [2.05, 4.69) is 10.3 Å². The molecule has 2 N–H and O–H groups in total. The Morgan fingerprint density at radius 1 is 1.57 bits per heavy atom. The Labute approximate surface area is 125 Å². The minimum atomic E-state index is -3.42. The number of aromatic nitrogens is 1. The number of sulfonamides is 1. The number of amides is 1. The zero-order valence-corrected chi connectivity index (χ0v) is 12.9. The van der Waals surface area contributed by atoms with E-state index in [0.717, 1.165) is 17.6 Å². The van der Waals surface area contributed by atoms with Crippen LogP contribution in [0.25, 0.3) is 0 Å². The predicted molar refractivity (Wildman–Crippen MR) is 76.7 cm³/mol. The van der Waals surface area contributed by atoms with Gasteiger partial charge in [0, 0.05) is 11.9 Å². The number of aliphatic carboxylic acids is 1. The fourth-order valence-corrected chi connectivity index (χ4v) is 4.03. The Morgan fingerprint density at radius 2 is 2.29 bits per heavy atom. The number of rotatable bonds is 5. The lowest BCUT2D eigenvalue weighted by atomic mass is 10.2. The number of carbonyl (C=O) groups is 2. The first-order chi connectivity index (χ1) is 9.77. The largest absolute Gasteiger partial charge is 0.481 e. The van der Waals surface area contributed by atoms with Crippen molar-refractivity contribution in [3.8, 4) is 0 Å². The highest BCUT2D eigenvalue weighted by atomic mass is 32.2. The predicted octanol–water partition coefficient (Wildman–Crippen LogP) is 0.133. The maximum absolute atomic E-state index is 12.1. The summed E-state index contributed by atoms with van der Waals surface area (Å²) in [6.07, 6.45) is 1.96. The van der Waals surface area contributed by atoms with Gasteiger partial charge in [0.2, 0.25) is 15.9 Å². The second-order valence-corrected chi connectivity index (χ2v) is 7.53. The van der Waals surface area contributed by atoms with Gasteiger partial charge in [-0.1, -0.05) is 0 Å². The molecule has 8 nitrogen and oxygen atoms in total. The fourth-order valence-electron chi connectivity index (χ4n) is 2.19. The van der Waals surface area contributed by atoms with E-state index in [4.69, 9.17) is 5.11 Å². The van der Waals surface area contributed by atoms with Crippen LogP contribution >= 0.6 is 11.3 Å². The number of nitrogens with one attached hydrogen (secondary N) is 1. The lowest BCUT2D eigenvalue weighted by Crippen LogP contribution is -2.42. The molecule has 0 saturated carbocycles. The van der Waals surface area contributed by atoms with Gasteiger partial charge in [-0.05, 0) is 12.8 Å². The molecule has 1 atom stereocenters. The summed E-state index contributed by atoms with van der Waals surface area (Å²) in [5, 5.41) is 13.0. The molecule has 1 aromatic heterocycles. The van der Waals surface area contributed by atoms with Crippen LogP contribution in [0.5, 0.6) is 0 Å². The SMILES string of the molecule is CS(=O)(=O)N1CCCC1C(=O)Nc1nc(CC(=O)O)cs1. The molecule has 0 spiro atoms. The summed E-state index contributed by atoms with van der Waals surface area (Å²) in [6.45, 7) is 0.332. The van der Waals surface area contributed by atoms with Crippen LogP contribution in [-0.4, -0.2) is 53.5 Å².